The number of aliphatic hydroxyl groups excluding tert-OH is 2. The maximum Gasteiger partial charge on any atom is 0.0906 e. The summed E-state index contributed by atoms with van der Waals surface area (Å²) in [6.07, 6.45) is 0.658. The van der Waals surface area contributed by atoms with Crippen LogP contribution in [0.3, 0.4) is 0 Å². The zero-order chi connectivity index (χ0) is 8.91. The fourth-order valence-corrected chi connectivity index (χ4v) is 0.921. The van der Waals surface area contributed by atoms with Crippen molar-refractivity contribution >= 4 is 0 Å². The first-order valence-corrected chi connectivity index (χ1v) is 3.87. The summed E-state index contributed by atoms with van der Waals surface area (Å²) in [6, 6.07) is 0. The lowest BCUT2D eigenvalue weighted by Crippen LogP contribution is -2.39. The lowest BCUT2D eigenvalue weighted by Gasteiger charge is -2.32. The molecule has 0 aromatic rings. The first kappa shape index (κ1) is 10.9. The molecule has 0 saturated carbocycles. The van der Waals surface area contributed by atoms with Gasteiger partial charge in [-0.05, 0) is 19.3 Å². The van der Waals surface area contributed by atoms with E-state index in [1.54, 1.807) is 7.11 Å². The summed E-state index contributed by atoms with van der Waals surface area (Å²) in [5.74, 6) is 0.169. The van der Waals surface area contributed by atoms with E-state index in [9.17, 15) is 0 Å². The summed E-state index contributed by atoms with van der Waals surface area (Å²) in [7, 11) is 1.57. The summed E-state index contributed by atoms with van der Waals surface area (Å²) < 4.78 is 5.14. The van der Waals surface area contributed by atoms with Crippen molar-refractivity contribution in [3.63, 3.8) is 0 Å². The molecule has 0 radical (unpaired) electrons. The Hall–Kier alpha value is -0.120. The van der Waals surface area contributed by atoms with Gasteiger partial charge in [-0.15, -0.1) is 0 Å². The van der Waals surface area contributed by atoms with Crippen molar-refractivity contribution in [3.05, 3.63) is 0 Å². The lowest BCUT2D eigenvalue weighted by molar-refractivity contribution is -0.0794. The molecule has 0 amide bonds. The Kier molecular flexibility index (Phi) is 4.65. The third-order valence-electron chi connectivity index (χ3n) is 2.38. The van der Waals surface area contributed by atoms with E-state index in [0.717, 1.165) is 0 Å². The quantitative estimate of drug-likeness (QED) is 0.615. The number of methoxy groups -OCH3 is 1. The molecule has 2 unspecified atom stereocenters. The van der Waals surface area contributed by atoms with E-state index >= 15 is 0 Å². The van der Waals surface area contributed by atoms with Crippen LogP contribution in [0.25, 0.3) is 0 Å². The molecule has 0 rings (SSSR count). The minimum absolute atomic E-state index is 0.00926. The summed E-state index contributed by atoms with van der Waals surface area (Å²) in [5, 5.41) is 17.6. The summed E-state index contributed by atoms with van der Waals surface area (Å²) in [5.41, 5.74) is -0.511. The molecule has 0 bridgehead atoms. The Labute approximate surface area is 68.0 Å². The van der Waals surface area contributed by atoms with Crippen LogP contribution in [0.1, 0.15) is 20.3 Å². The summed E-state index contributed by atoms with van der Waals surface area (Å²) >= 11 is 0. The fraction of sp³-hybridized carbons (Fsp3) is 1.00. The molecule has 0 aliphatic rings. The molecule has 0 aromatic carbocycles. The van der Waals surface area contributed by atoms with Crippen molar-refractivity contribution in [1.29, 1.82) is 0 Å². The van der Waals surface area contributed by atoms with Gasteiger partial charge in [-0.25, -0.2) is 0 Å². The Morgan fingerprint density at radius 3 is 2.27 bits per heavy atom. The number of hydrogen-bond acceptors (Lipinski definition) is 3. The zero-order valence-corrected chi connectivity index (χ0v) is 7.50. The van der Waals surface area contributed by atoms with Gasteiger partial charge in [0.1, 0.15) is 0 Å². The van der Waals surface area contributed by atoms with Gasteiger partial charge in [0.05, 0.1) is 12.2 Å². The van der Waals surface area contributed by atoms with E-state index in [0.29, 0.717) is 6.42 Å². The minimum Gasteiger partial charge on any atom is -0.396 e. The number of rotatable bonds is 5. The van der Waals surface area contributed by atoms with E-state index in [1.165, 1.54) is 0 Å². The fourth-order valence-electron chi connectivity index (χ4n) is 0.921. The third-order valence-corrected chi connectivity index (χ3v) is 2.38. The summed E-state index contributed by atoms with van der Waals surface area (Å²) in [6.45, 7) is 3.92. The van der Waals surface area contributed by atoms with Gasteiger partial charge in [-0.3, -0.25) is 0 Å². The van der Waals surface area contributed by atoms with Gasteiger partial charge in [0.25, 0.3) is 0 Å². The maximum atomic E-state index is 8.98. The molecule has 3 nitrogen and oxygen atoms in total. The van der Waals surface area contributed by atoms with Crippen molar-refractivity contribution in [3.8, 4) is 0 Å². The van der Waals surface area contributed by atoms with Crippen molar-refractivity contribution in [2.45, 2.75) is 25.9 Å². The average Bonchev–Trinajstić information content (AvgIpc) is 2.03. The highest BCUT2D eigenvalue weighted by atomic mass is 16.5. The Bertz CT molecular complexity index is 99.5. The summed E-state index contributed by atoms with van der Waals surface area (Å²) in [4.78, 5) is 0. The highest BCUT2D eigenvalue weighted by molar-refractivity contribution is 4.79. The maximum absolute atomic E-state index is 8.98. The van der Waals surface area contributed by atoms with E-state index in [-0.39, 0.29) is 19.1 Å². The SMILES string of the molecule is COC(C)(CO)C(C)CCO. The van der Waals surface area contributed by atoms with Gasteiger partial charge in [0, 0.05) is 13.7 Å². The molecule has 0 aromatic heterocycles. The average molecular weight is 162 g/mol. The van der Waals surface area contributed by atoms with Crippen LogP contribution in [0.5, 0.6) is 0 Å². The van der Waals surface area contributed by atoms with Crippen LogP contribution in [-0.4, -0.2) is 36.1 Å². The molecule has 2 atom stereocenters. The molecule has 0 fully saturated rings. The van der Waals surface area contributed by atoms with Crippen LogP contribution < -0.4 is 0 Å². The van der Waals surface area contributed by atoms with Gasteiger partial charge in [0.2, 0.25) is 0 Å². The molecule has 0 spiro atoms. The molecule has 0 saturated heterocycles. The van der Waals surface area contributed by atoms with Gasteiger partial charge in [-0.2, -0.15) is 0 Å². The predicted octanol–water partition coefficient (Wildman–Crippen LogP) is 0.402. The lowest BCUT2D eigenvalue weighted by atomic mass is 9.89. The first-order valence-electron chi connectivity index (χ1n) is 3.87. The Morgan fingerprint density at radius 2 is 2.00 bits per heavy atom. The van der Waals surface area contributed by atoms with Crippen LogP contribution in [-0.2, 0) is 4.74 Å². The molecule has 2 N–H and O–H groups in total. The second-order valence-electron chi connectivity index (χ2n) is 3.09. The van der Waals surface area contributed by atoms with Crippen molar-refractivity contribution in [2.75, 3.05) is 20.3 Å². The second kappa shape index (κ2) is 4.70. The topological polar surface area (TPSA) is 49.7 Å². The Balaban J connectivity index is 4.00. The molecular weight excluding hydrogens is 144 g/mol. The highest BCUT2D eigenvalue weighted by Gasteiger charge is 2.29. The molecule has 3 heteroatoms. The number of hydrogen-bond donors (Lipinski definition) is 2. The second-order valence-corrected chi connectivity index (χ2v) is 3.09. The van der Waals surface area contributed by atoms with Crippen LogP contribution >= 0.6 is 0 Å². The highest BCUT2D eigenvalue weighted by Crippen LogP contribution is 2.22. The smallest absolute Gasteiger partial charge is 0.0906 e. The van der Waals surface area contributed by atoms with Crippen molar-refractivity contribution in [2.24, 2.45) is 5.92 Å². The molecule has 68 valence electrons. The van der Waals surface area contributed by atoms with Crippen LogP contribution in [0, 0.1) is 5.92 Å². The van der Waals surface area contributed by atoms with Gasteiger partial charge >= 0.3 is 0 Å². The van der Waals surface area contributed by atoms with E-state index < -0.39 is 5.60 Å². The van der Waals surface area contributed by atoms with Gasteiger partial charge in [0.15, 0.2) is 0 Å². The molecule has 11 heavy (non-hydrogen) atoms. The van der Waals surface area contributed by atoms with Crippen LogP contribution in [0.15, 0.2) is 0 Å². The van der Waals surface area contributed by atoms with Crippen molar-refractivity contribution < 1.29 is 14.9 Å². The zero-order valence-electron chi connectivity index (χ0n) is 7.50. The first-order chi connectivity index (χ1) is 5.10. The van der Waals surface area contributed by atoms with Gasteiger partial charge in [-0.1, -0.05) is 6.92 Å². The largest absolute Gasteiger partial charge is 0.396 e. The van der Waals surface area contributed by atoms with E-state index in [1.807, 2.05) is 13.8 Å². The van der Waals surface area contributed by atoms with E-state index in [4.69, 9.17) is 14.9 Å². The predicted molar refractivity (Wildman–Crippen MR) is 43.4 cm³/mol. The van der Waals surface area contributed by atoms with Crippen molar-refractivity contribution in [1.82, 2.24) is 0 Å². The molecular formula is C8H18O3. The van der Waals surface area contributed by atoms with Crippen LogP contribution in [0.4, 0.5) is 0 Å². The molecule has 0 aliphatic carbocycles. The monoisotopic (exact) mass is 162 g/mol. The normalized spacial score (nSPS) is 19.4. The van der Waals surface area contributed by atoms with E-state index in [2.05, 4.69) is 0 Å². The number of ether oxygens (including phenoxy) is 1. The Morgan fingerprint density at radius 1 is 1.45 bits per heavy atom. The molecule has 0 heterocycles. The standard InChI is InChI=1S/C8H18O3/c1-7(4-5-9)8(2,6-10)11-3/h7,9-10H,4-6H2,1-3H3. The number of aliphatic hydroxyl groups is 2. The minimum atomic E-state index is -0.511. The van der Waals surface area contributed by atoms with Crippen LogP contribution in [0.2, 0.25) is 0 Å². The third kappa shape index (κ3) is 2.77. The van der Waals surface area contributed by atoms with Gasteiger partial charge < -0.3 is 14.9 Å². The molecule has 0 aliphatic heterocycles.